The van der Waals surface area contributed by atoms with Crippen LogP contribution < -0.4 is 0 Å². The molecule has 5 aromatic rings. The monoisotopic (exact) mass is 918 g/mol. The molecule has 0 aromatic heterocycles. The molecule has 0 unspecified atom stereocenters. The molecule has 5 aromatic carbocycles. The van der Waals surface area contributed by atoms with Crippen molar-refractivity contribution in [2.24, 2.45) is 0 Å². The number of carbonyl (C=O) groups is 5. The lowest BCUT2D eigenvalue weighted by molar-refractivity contribution is -0.330. The Morgan fingerprint density at radius 1 is 0.515 bits per heavy atom. The Morgan fingerprint density at radius 3 is 1.50 bits per heavy atom. The van der Waals surface area contributed by atoms with E-state index in [1.807, 2.05) is 37.3 Å². The molecule has 0 radical (unpaired) electrons. The first-order chi connectivity index (χ1) is 32.2. The number of hydrogen-bond donors (Lipinski definition) is 0. The number of benzene rings is 5. The highest BCUT2D eigenvalue weighted by atomic mass is 32.2. The molecule has 0 N–H and O–H groups in total. The summed E-state index contributed by atoms with van der Waals surface area (Å²) in [5, 5.41) is 0. The second kappa shape index (κ2) is 22.1. The van der Waals surface area contributed by atoms with Gasteiger partial charge in [0.25, 0.3) is 0 Å². The van der Waals surface area contributed by atoms with Crippen LogP contribution in [0.2, 0.25) is 0 Å². The summed E-state index contributed by atoms with van der Waals surface area (Å²) in [6.07, 6.45) is -13.4. The molecule has 3 heterocycles. The largest absolute Gasteiger partial charge is 0.509 e. The van der Waals surface area contributed by atoms with Crippen LogP contribution in [0.15, 0.2) is 152 Å². The maximum atomic E-state index is 14.2. The van der Waals surface area contributed by atoms with Gasteiger partial charge in [-0.2, -0.15) is 0 Å². The molecular formula is C50H46O15S. The molecule has 0 amide bonds. The van der Waals surface area contributed by atoms with E-state index in [9.17, 15) is 24.0 Å². The van der Waals surface area contributed by atoms with Gasteiger partial charge in [-0.05, 0) is 59.8 Å². The van der Waals surface area contributed by atoms with Crippen LogP contribution >= 0.6 is 11.8 Å². The van der Waals surface area contributed by atoms with Crippen LogP contribution in [0.5, 0.6) is 0 Å². The van der Waals surface area contributed by atoms with Crippen LogP contribution in [0.4, 0.5) is 4.79 Å². The van der Waals surface area contributed by atoms with Gasteiger partial charge in [0.15, 0.2) is 36.8 Å². The van der Waals surface area contributed by atoms with Crippen LogP contribution in [-0.2, 0) is 54.0 Å². The molecule has 0 bridgehead atoms. The van der Waals surface area contributed by atoms with Crippen molar-refractivity contribution in [3.05, 3.63) is 179 Å². The third-order valence-electron chi connectivity index (χ3n) is 10.8. The van der Waals surface area contributed by atoms with Gasteiger partial charge in [0, 0.05) is 0 Å². The highest BCUT2D eigenvalue weighted by Gasteiger charge is 2.59. The number of carbonyl (C=O) groups excluding carboxylic acids is 5. The van der Waals surface area contributed by atoms with E-state index in [0.29, 0.717) is 5.75 Å². The third kappa shape index (κ3) is 11.3. The normalized spacial score (nSPS) is 25.6. The molecule has 16 heteroatoms. The summed E-state index contributed by atoms with van der Waals surface area (Å²) in [4.78, 5) is 68.7. The third-order valence-corrected chi connectivity index (χ3v) is 11.9. The van der Waals surface area contributed by atoms with Gasteiger partial charge < -0.3 is 47.4 Å². The van der Waals surface area contributed by atoms with Crippen molar-refractivity contribution in [3.63, 3.8) is 0 Å². The zero-order chi connectivity index (χ0) is 45.8. The molecule has 15 nitrogen and oxygen atoms in total. The zero-order valence-electron chi connectivity index (χ0n) is 35.6. The van der Waals surface area contributed by atoms with Gasteiger partial charge in [0.2, 0.25) is 0 Å². The Morgan fingerprint density at radius 2 is 0.970 bits per heavy atom. The van der Waals surface area contributed by atoms with Crippen LogP contribution in [0.1, 0.15) is 53.9 Å². The molecule has 0 saturated carbocycles. The predicted molar refractivity (Wildman–Crippen MR) is 235 cm³/mol. The molecule has 3 aliphatic heterocycles. The standard InChI is InChI=1S/C50H46O15S/c1-2-66-49-43-41(64-50(55)65-43)39(36(59-49)29-56-28-31-18-8-3-9-19-31)63-48-42(62-47(54)35-26-16-7-17-27-35)40(61-46(53)34-24-14-6-15-25-34)38(60-45(52)33-22-12-5-13-23-33)37(58-48)30-57-44(51)32-20-10-4-11-21-32/h3-27,36-43,48-49H,2,28-30H2,1H3/t36-,37-,38-,39-,40+,41+,42-,43-,48+,49+/m1/s1. The maximum Gasteiger partial charge on any atom is 0.509 e. The molecule has 66 heavy (non-hydrogen) atoms. The molecule has 3 saturated heterocycles. The highest BCUT2D eigenvalue weighted by molar-refractivity contribution is 7.99. The molecular weight excluding hydrogens is 873 g/mol. The summed E-state index contributed by atoms with van der Waals surface area (Å²) in [5.41, 5.74) is 0.770. The van der Waals surface area contributed by atoms with E-state index in [-0.39, 0.29) is 35.5 Å². The first-order valence-corrected chi connectivity index (χ1v) is 22.4. The van der Waals surface area contributed by atoms with Crippen molar-refractivity contribution < 1.29 is 71.3 Å². The van der Waals surface area contributed by atoms with Gasteiger partial charge in [0.05, 0.1) is 35.5 Å². The van der Waals surface area contributed by atoms with Gasteiger partial charge in [-0.15, -0.1) is 11.8 Å². The minimum absolute atomic E-state index is 0.0792. The second-order valence-corrected chi connectivity index (χ2v) is 16.6. The topological polar surface area (TPSA) is 178 Å². The molecule has 0 spiro atoms. The maximum absolute atomic E-state index is 14.2. The first kappa shape index (κ1) is 46.0. The summed E-state index contributed by atoms with van der Waals surface area (Å²) in [7, 11) is 0. The lowest BCUT2D eigenvalue weighted by Gasteiger charge is -2.47. The second-order valence-electron chi connectivity index (χ2n) is 15.2. The quantitative estimate of drug-likeness (QED) is 0.0673. The van der Waals surface area contributed by atoms with Crippen LogP contribution in [0.3, 0.4) is 0 Å². The number of ether oxygens (including phenoxy) is 10. The van der Waals surface area contributed by atoms with Crippen molar-refractivity contribution in [1.29, 1.82) is 0 Å². The predicted octanol–water partition coefficient (Wildman–Crippen LogP) is 7.23. The van der Waals surface area contributed by atoms with E-state index in [1.54, 1.807) is 84.9 Å². The van der Waals surface area contributed by atoms with Crippen molar-refractivity contribution in [2.45, 2.75) is 74.1 Å². The zero-order valence-corrected chi connectivity index (χ0v) is 36.4. The fourth-order valence-electron chi connectivity index (χ4n) is 7.64. The lowest BCUT2D eigenvalue weighted by Crippen LogP contribution is -2.66. The SMILES string of the molecule is CCS[C@@H]1O[C@H](COCc2ccccc2)[C@@H](O[C@@H]2O[C@H](COC(=O)c3ccccc3)[C@@H](OC(=O)c3ccccc3)[C@H](OC(=O)c3ccccc3)[C@H]2OC(=O)c2ccccc2)[C@@H]2OC(=O)O[C@H]21. The Labute approximate surface area is 384 Å². The summed E-state index contributed by atoms with van der Waals surface area (Å²) >= 11 is 1.39. The van der Waals surface area contributed by atoms with E-state index in [0.717, 1.165) is 5.56 Å². The molecule has 10 atom stereocenters. The van der Waals surface area contributed by atoms with E-state index < -0.39 is 97.2 Å². The minimum atomic E-state index is -1.72. The van der Waals surface area contributed by atoms with Crippen molar-refractivity contribution >= 4 is 41.8 Å². The molecule has 3 aliphatic rings. The number of thioether (sulfide) groups is 1. The molecule has 3 fully saturated rings. The molecule has 8 rings (SSSR count). The van der Waals surface area contributed by atoms with Gasteiger partial charge in [0.1, 0.15) is 30.4 Å². The fourth-order valence-corrected chi connectivity index (χ4v) is 8.59. The van der Waals surface area contributed by atoms with E-state index in [2.05, 4.69) is 0 Å². The number of esters is 4. The summed E-state index contributed by atoms with van der Waals surface area (Å²) in [6, 6.07) is 41.7. The van der Waals surface area contributed by atoms with Crippen LogP contribution in [-0.4, -0.2) is 110 Å². The molecule has 0 aliphatic carbocycles. The fraction of sp³-hybridized carbons (Fsp3) is 0.300. The average Bonchev–Trinajstić information content (AvgIpc) is 3.76. The van der Waals surface area contributed by atoms with Crippen molar-refractivity contribution in [1.82, 2.24) is 0 Å². The van der Waals surface area contributed by atoms with Crippen molar-refractivity contribution in [2.75, 3.05) is 19.0 Å². The van der Waals surface area contributed by atoms with Gasteiger partial charge in [-0.25, -0.2) is 24.0 Å². The lowest BCUT2D eigenvalue weighted by atomic mass is 9.96. The summed E-state index contributed by atoms with van der Waals surface area (Å²) < 4.78 is 62.0. The van der Waals surface area contributed by atoms with E-state index in [4.69, 9.17) is 47.4 Å². The Bertz CT molecular complexity index is 2390. The van der Waals surface area contributed by atoms with Gasteiger partial charge in [-0.1, -0.05) is 110 Å². The Balaban J connectivity index is 1.20. The smallest absolute Gasteiger partial charge is 0.459 e. The number of hydrogen-bond acceptors (Lipinski definition) is 16. The van der Waals surface area contributed by atoms with E-state index in [1.165, 1.54) is 48.2 Å². The van der Waals surface area contributed by atoms with Gasteiger partial charge >= 0.3 is 30.0 Å². The minimum Gasteiger partial charge on any atom is -0.459 e. The Kier molecular flexibility index (Phi) is 15.4. The molecule has 342 valence electrons. The Hall–Kier alpha value is -6.56. The number of rotatable bonds is 17. The van der Waals surface area contributed by atoms with Crippen LogP contribution in [0, 0.1) is 0 Å². The number of fused-ring (bicyclic) bond motifs is 1. The first-order valence-electron chi connectivity index (χ1n) is 21.3. The van der Waals surface area contributed by atoms with E-state index >= 15 is 0 Å². The average molecular weight is 919 g/mol. The summed E-state index contributed by atoms with van der Waals surface area (Å²) in [5.74, 6) is -2.76. The van der Waals surface area contributed by atoms with Crippen LogP contribution in [0.25, 0.3) is 0 Å². The highest BCUT2D eigenvalue weighted by Crippen LogP contribution is 2.40. The van der Waals surface area contributed by atoms with Crippen molar-refractivity contribution in [3.8, 4) is 0 Å². The summed E-state index contributed by atoms with van der Waals surface area (Å²) in [6.45, 7) is 1.46. The van der Waals surface area contributed by atoms with Gasteiger partial charge in [-0.3, -0.25) is 0 Å².